The zero-order valence-corrected chi connectivity index (χ0v) is 15.2. The number of benzene rings is 2. The van der Waals surface area contributed by atoms with Crippen molar-refractivity contribution in [3.05, 3.63) is 74.6 Å². The van der Waals surface area contributed by atoms with Crippen molar-refractivity contribution in [3.8, 4) is 11.1 Å². The second-order valence-corrected chi connectivity index (χ2v) is 7.33. The molecule has 0 bridgehead atoms. The van der Waals surface area contributed by atoms with E-state index in [9.17, 15) is 18.0 Å². The van der Waals surface area contributed by atoms with Crippen molar-refractivity contribution in [1.29, 1.82) is 0 Å². The quantitative estimate of drug-likeness (QED) is 0.492. The number of nitrogen functional groups attached to an aromatic ring is 1. The van der Waals surface area contributed by atoms with Crippen molar-refractivity contribution in [3.63, 3.8) is 0 Å². The molecule has 0 saturated heterocycles. The minimum atomic E-state index is -4.48. The summed E-state index contributed by atoms with van der Waals surface area (Å²) >= 11 is 12.8. The van der Waals surface area contributed by atoms with Crippen LogP contribution < -0.4 is 5.73 Å². The molecular weight excluding hydrogens is 406 g/mol. The Morgan fingerprint density at radius 2 is 1.73 bits per heavy atom. The highest BCUT2D eigenvalue weighted by Crippen LogP contribution is 2.38. The van der Waals surface area contributed by atoms with Gasteiger partial charge in [-0.25, -0.2) is 0 Å². The number of ketones is 1. The lowest BCUT2D eigenvalue weighted by Gasteiger charge is -2.09. The summed E-state index contributed by atoms with van der Waals surface area (Å²) in [7, 11) is 0. The van der Waals surface area contributed by atoms with Crippen molar-refractivity contribution >= 4 is 45.3 Å². The van der Waals surface area contributed by atoms with Crippen LogP contribution in [-0.4, -0.2) is 5.78 Å². The standard InChI is InChI=1S/C18H10Cl2F3NOS/c19-13-5-4-10(7-14(13)20)16(25)17-12(8-15(24)26-17)9-2-1-3-11(6-9)18(21,22)23/h1-8H,24H2. The molecule has 26 heavy (non-hydrogen) atoms. The molecule has 1 heterocycles. The summed E-state index contributed by atoms with van der Waals surface area (Å²) in [4.78, 5) is 13.1. The van der Waals surface area contributed by atoms with Crippen LogP contribution in [0.5, 0.6) is 0 Å². The van der Waals surface area contributed by atoms with Crippen LogP contribution in [0.2, 0.25) is 10.0 Å². The van der Waals surface area contributed by atoms with Crippen LogP contribution in [0.25, 0.3) is 11.1 Å². The smallest absolute Gasteiger partial charge is 0.391 e. The summed E-state index contributed by atoms with van der Waals surface area (Å²) in [5.74, 6) is -0.391. The average Bonchev–Trinajstić information content (AvgIpc) is 2.98. The first-order chi connectivity index (χ1) is 12.2. The molecule has 1 aromatic heterocycles. The Morgan fingerprint density at radius 1 is 1.00 bits per heavy atom. The Balaban J connectivity index is 2.09. The fourth-order valence-corrected chi connectivity index (χ4v) is 3.63. The van der Waals surface area contributed by atoms with Gasteiger partial charge in [0.25, 0.3) is 0 Å². The number of halogens is 5. The molecule has 0 spiro atoms. The normalized spacial score (nSPS) is 11.6. The second-order valence-electron chi connectivity index (χ2n) is 5.43. The van der Waals surface area contributed by atoms with E-state index < -0.39 is 17.5 Å². The van der Waals surface area contributed by atoms with Crippen LogP contribution in [0, 0.1) is 0 Å². The third-order valence-electron chi connectivity index (χ3n) is 3.64. The van der Waals surface area contributed by atoms with Gasteiger partial charge in [-0.05, 0) is 42.0 Å². The van der Waals surface area contributed by atoms with Crippen LogP contribution in [0.4, 0.5) is 18.2 Å². The molecular formula is C18H10Cl2F3NOS. The summed E-state index contributed by atoms with van der Waals surface area (Å²) in [6.07, 6.45) is -4.48. The number of anilines is 1. The minimum Gasteiger partial charge on any atom is -0.391 e. The second kappa shape index (κ2) is 6.95. The lowest BCUT2D eigenvalue weighted by atomic mass is 10.00. The molecule has 2 N–H and O–H groups in total. The molecule has 0 saturated carbocycles. The first-order valence-electron chi connectivity index (χ1n) is 7.23. The molecule has 0 amide bonds. The minimum absolute atomic E-state index is 0.211. The maximum Gasteiger partial charge on any atom is 0.416 e. The highest BCUT2D eigenvalue weighted by molar-refractivity contribution is 7.18. The molecule has 134 valence electrons. The van der Waals surface area contributed by atoms with E-state index in [2.05, 4.69) is 0 Å². The predicted molar refractivity (Wildman–Crippen MR) is 99.1 cm³/mol. The van der Waals surface area contributed by atoms with Crippen LogP contribution >= 0.6 is 34.5 Å². The molecule has 0 aliphatic rings. The highest BCUT2D eigenvalue weighted by atomic mass is 35.5. The third kappa shape index (κ3) is 3.72. The van der Waals surface area contributed by atoms with Gasteiger partial charge in [0.05, 0.1) is 25.5 Å². The van der Waals surface area contributed by atoms with Crippen molar-refractivity contribution < 1.29 is 18.0 Å². The van der Waals surface area contributed by atoms with E-state index in [1.807, 2.05) is 0 Å². The number of carbonyl (C=O) groups is 1. The number of nitrogens with two attached hydrogens (primary N) is 1. The molecule has 3 rings (SSSR count). The Labute approximate surface area is 161 Å². The van der Waals surface area contributed by atoms with Crippen molar-refractivity contribution in [2.45, 2.75) is 6.18 Å². The number of rotatable bonds is 3. The molecule has 8 heteroatoms. The first-order valence-corrected chi connectivity index (χ1v) is 8.81. The van der Waals surface area contributed by atoms with Gasteiger partial charge in [0.15, 0.2) is 0 Å². The molecule has 2 aromatic carbocycles. The van der Waals surface area contributed by atoms with Gasteiger partial charge in [-0.1, -0.05) is 35.3 Å². The third-order valence-corrected chi connectivity index (χ3v) is 5.34. The topological polar surface area (TPSA) is 43.1 Å². The summed E-state index contributed by atoms with van der Waals surface area (Å²) in [6, 6.07) is 10.7. The van der Waals surface area contributed by atoms with Gasteiger partial charge in [-0.15, -0.1) is 11.3 Å². The van der Waals surface area contributed by atoms with E-state index in [1.165, 1.54) is 36.4 Å². The van der Waals surface area contributed by atoms with Crippen molar-refractivity contribution in [2.75, 3.05) is 5.73 Å². The number of thiophene rings is 1. The fraction of sp³-hybridized carbons (Fsp3) is 0.0556. The predicted octanol–water partition coefficient (Wildman–Crippen LogP) is 6.55. The molecule has 0 unspecified atom stereocenters. The van der Waals surface area contributed by atoms with Crippen molar-refractivity contribution in [2.24, 2.45) is 0 Å². The summed E-state index contributed by atoms with van der Waals surface area (Å²) in [5, 5.41) is 0.829. The highest BCUT2D eigenvalue weighted by Gasteiger charge is 2.31. The number of hydrogen-bond donors (Lipinski definition) is 1. The maximum absolute atomic E-state index is 13.0. The summed E-state index contributed by atoms with van der Waals surface area (Å²) in [5.41, 5.74) is 5.88. The van der Waals surface area contributed by atoms with E-state index in [-0.39, 0.29) is 21.0 Å². The van der Waals surface area contributed by atoms with Gasteiger partial charge < -0.3 is 5.73 Å². The number of carbonyl (C=O) groups excluding carboxylic acids is 1. The van der Waals surface area contributed by atoms with Crippen LogP contribution in [0.1, 0.15) is 20.8 Å². The van der Waals surface area contributed by atoms with E-state index >= 15 is 0 Å². The van der Waals surface area contributed by atoms with Crippen LogP contribution in [0.15, 0.2) is 48.5 Å². The van der Waals surface area contributed by atoms with Crippen LogP contribution in [-0.2, 0) is 6.18 Å². The lowest BCUT2D eigenvalue weighted by Crippen LogP contribution is -2.05. The molecule has 0 fully saturated rings. The SMILES string of the molecule is Nc1cc(-c2cccc(C(F)(F)F)c2)c(C(=O)c2ccc(Cl)c(Cl)c2)s1. The van der Waals surface area contributed by atoms with Gasteiger partial charge >= 0.3 is 6.18 Å². The van der Waals surface area contributed by atoms with Gasteiger partial charge in [-0.3, -0.25) is 4.79 Å². The fourth-order valence-electron chi connectivity index (χ4n) is 2.42. The van der Waals surface area contributed by atoms with E-state index in [1.54, 1.807) is 0 Å². The Bertz CT molecular complexity index is 998. The average molecular weight is 416 g/mol. The monoisotopic (exact) mass is 415 g/mol. The zero-order chi connectivity index (χ0) is 19.1. The number of alkyl halides is 3. The molecule has 0 aliphatic heterocycles. The van der Waals surface area contributed by atoms with E-state index in [4.69, 9.17) is 28.9 Å². The maximum atomic E-state index is 13.0. The molecule has 2 nitrogen and oxygen atoms in total. The molecule has 3 aromatic rings. The lowest BCUT2D eigenvalue weighted by molar-refractivity contribution is -0.137. The summed E-state index contributed by atoms with van der Waals surface area (Å²) in [6.45, 7) is 0. The Hall–Kier alpha value is -2.02. The van der Waals surface area contributed by atoms with Crippen molar-refractivity contribution in [1.82, 2.24) is 0 Å². The van der Waals surface area contributed by atoms with Gasteiger partial charge in [0.2, 0.25) is 5.78 Å². The van der Waals surface area contributed by atoms with Crippen LogP contribution in [0.3, 0.4) is 0 Å². The van der Waals surface area contributed by atoms with E-state index in [0.29, 0.717) is 15.6 Å². The Kier molecular flexibility index (Phi) is 5.01. The molecule has 0 atom stereocenters. The summed E-state index contributed by atoms with van der Waals surface area (Å²) < 4.78 is 38.9. The first kappa shape index (κ1) is 18.8. The van der Waals surface area contributed by atoms with Gasteiger partial charge in [0.1, 0.15) is 0 Å². The number of hydrogen-bond acceptors (Lipinski definition) is 3. The van der Waals surface area contributed by atoms with E-state index in [0.717, 1.165) is 23.5 Å². The molecule has 0 radical (unpaired) electrons. The molecule has 0 aliphatic carbocycles. The Morgan fingerprint density at radius 3 is 2.38 bits per heavy atom. The van der Waals surface area contributed by atoms with Gasteiger partial charge in [0, 0.05) is 11.1 Å². The van der Waals surface area contributed by atoms with Gasteiger partial charge in [-0.2, -0.15) is 13.2 Å². The largest absolute Gasteiger partial charge is 0.416 e. The zero-order valence-electron chi connectivity index (χ0n) is 12.9.